The first-order valence-corrected chi connectivity index (χ1v) is 8.47. The summed E-state index contributed by atoms with van der Waals surface area (Å²) in [7, 11) is -3.49. The lowest BCUT2D eigenvalue weighted by Crippen LogP contribution is -2.25. The Morgan fingerprint density at radius 2 is 2.00 bits per heavy atom. The van der Waals surface area contributed by atoms with Crippen LogP contribution in [0.1, 0.15) is 18.7 Å². The summed E-state index contributed by atoms with van der Waals surface area (Å²) in [5.74, 6) is 0.603. The smallest absolute Gasteiger partial charge is 0.250 e. The standard InChI is InChI=1S/C14H13NO3S2/c1-10(15-20(16,17)14-7-4-8-19-14)13-9-11-5-2-3-6-12(11)18-13/h2-10,15H,1H3/t10-/m1/s1. The van der Waals surface area contributed by atoms with Crippen molar-refractivity contribution in [1.82, 2.24) is 4.72 Å². The third kappa shape index (κ3) is 2.49. The van der Waals surface area contributed by atoms with Gasteiger partial charge < -0.3 is 4.42 Å². The first-order chi connectivity index (χ1) is 9.56. The molecule has 0 bridgehead atoms. The quantitative estimate of drug-likeness (QED) is 0.802. The molecule has 3 aromatic rings. The molecule has 1 aromatic carbocycles. The van der Waals surface area contributed by atoms with E-state index in [-0.39, 0.29) is 0 Å². The summed E-state index contributed by atoms with van der Waals surface area (Å²) in [6.45, 7) is 1.77. The molecule has 0 fully saturated rings. The molecule has 6 heteroatoms. The largest absolute Gasteiger partial charge is 0.459 e. The molecule has 0 spiro atoms. The van der Waals surface area contributed by atoms with Gasteiger partial charge in [0, 0.05) is 5.39 Å². The molecule has 104 valence electrons. The van der Waals surface area contributed by atoms with Crippen molar-refractivity contribution in [2.75, 3.05) is 0 Å². The maximum atomic E-state index is 12.1. The molecule has 1 N–H and O–H groups in total. The minimum absolute atomic E-state index is 0.306. The molecule has 2 aromatic heterocycles. The molecule has 0 aliphatic heterocycles. The van der Waals surface area contributed by atoms with Gasteiger partial charge in [-0.25, -0.2) is 13.1 Å². The predicted octanol–water partition coefficient (Wildman–Crippen LogP) is 3.53. The summed E-state index contributed by atoms with van der Waals surface area (Å²) < 4.78 is 32.9. The number of hydrogen-bond acceptors (Lipinski definition) is 4. The van der Waals surface area contributed by atoms with Gasteiger partial charge in [0.25, 0.3) is 10.0 Å². The SMILES string of the molecule is C[C@@H](NS(=O)(=O)c1cccs1)c1cc2ccccc2o1. The summed E-state index contributed by atoms with van der Waals surface area (Å²) >= 11 is 1.19. The van der Waals surface area contributed by atoms with E-state index in [4.69, 9.17) is 4.42 Å². The van der Waals surface area contributed by atoms with Crippen LogP contribution in [0.25, 0.3) is 11.0 Å². The number of thiophene rings is 1. The summed E-state index contributed by atoms with van der Waals surface area (Å²) in [6.07, 6.45) is 0. The second-order valence-electron chi connectivity index (χ2n) is 4.46. The van der Waals surface area contributed by atoms with E-state index in [0.29, 0.717) is 9.97 Å². The minimum atomic E-state index is -3.49. The summed E-state index contributed by atoms with van der Waals surface area (Å²) in [5.41, 5.74) is 0.754. The Labute approximate surface area is 121 Å². The Morgan fingerprint density at radius 3 is 2.70 bits per heavy atom. The van der Waals surface area contributed by atoms with Gasteiger partial charge in [0.05, 0.1) is 6.04 Å². The second kappa shape index (κ2) is 5.05. The third-order valence-corrected chi connectivity index (χ3v) is 5.90. The third-order valence-electron chi connectivity index (χ3n) is 2.96. The van der Waals surface area contributed by atoms with Crippen LogP contribution in [-0.2, 0) is 10.0 Å². The van der Waals surface area contributed by atoms with Gasteiger partial charge in [0.15, 0.2) is 0 Å². The second-order valence-corrected chi connectivity index (χ2v) is 7.35. The zero-order valence-corrected chi connectivity index (χ0v) is 12.4. The molecule has 0 saturated carbocycles. The van der Waals surface area contributed by atoms with Gasteiger partial charge in [-0.2, -0.15) is 0 Å². The Kier molecular flexibility index (Phi) is 3.37. The van der Waals surface area contributed by atoms with E-state index in [9.17, 15) is 8.42 Å². The van der Waals surface area contributed by atoms with E-state index in [2.05, 4.69) is 4.72 Å². The molecule has 1 atom stereocenters. The first kappa shape index (κ1) is 13.4. The first-order valence-electron chi connectivity index (χ1n) is 6.10. The number of nitrogens with one attached hydrogen (secondary N) is 1. The molecule has 0 aliphatic rings. The van der Waals surface area contributed by atoms with Gasteiger partial charge in [0.1, 0.15) is 15.6 Å². The molecule has 0 saturated heterocycles. The van der Waals surface area contributed by atoms with E-state index >= 15 is 0 Å². The van der Waals surface area contributed by atoms with Gasteiger partial charge in [-0.1, -0.05) is 24.3 Å². The van der Waals surface area contributed by atoms with Crippen molar-refractivity contribution in [2.24, 2.45) is 0 Å². The highest BCUT2D eigenvalue weighted by Crippen LogP contribution is 2.25. The molecule has 0 aliphatic carbocycles. The van der Waals surface area contributed by atoms with Crippen molar-refractivity contribution in [3.8, 4) is 0 Å². The summed E-state index contributed by atoms with van der Waals surface area (Å²) in [6, 6.07) is 12.3. The Balaban J connectivity index is 1.88. The van der Waals surface area contributed by atoms with Crippen LogP contribution in [0.2, 0.25) is 0 Å². The fourth-order valence-electron chi connectivity index (χ4n) is 1.98. The normalized spacial score (nSPS) is 13.7. The van der Waals surface area contributed by atoms with Gasteiger partial charge in [-0.3, -0.25) is 0 Å². The lowest BCUT2D eigenvalue weighted by molar-refractivity contribution is 0.485. The van der Waals surface area contributed by atoms with Gasteiger partial charge >= 0.3 is 0 Å². The van der Waals surface area contributed by atoms with E-state index in [1.54, 1.807) is 24.4 Å². The molecular formula is C14H13NO3S2. The average molecular weight is 307 g/mol. The maximum absolute atomic E-state index is 12.1. The predicted molar refractivity (Wildman–Crippen MR) is 79.3 cm³/mol. The van der Waals surface area contributed by atoms with Crippen molar-refractivity contribution >= 4 is 32.3 Å². The van der Waals surface area contributed by atoms with Crippen molar-refractivity contribution in [3.05, 3.63) is 53.6 Å². The number of sulfonamides is 1. The average Bonchev–Trinajstić information content (AvgIpc) is 3.07. The monoisotopic (exact) mass is 307 g/mol. The van der Waals surface area contributed by atoms with E-state index in [0.717, 1.165) is 11.0 Å². The van der Waals surface area contributed by atoms with E-state index < -0.39 is 16.1 Å². The van der Waals surface area contributed by atoms with Crippen LogP contribution in [0.4, 0.5) is 0 Å². The number of rotatable bonds is 4. The van der Waals surface area contributed by atoms with Gasteiger partial charge in [-0.15, -0.1) is 11.3 Å². The number of furan rings is 1. The topological polar surface area (TPSA) is 59.3 Å². The van der Waals surface area contributed by atoms with E-state index in [1.165, 1.54) is 11.3 Å². The molecular weight excluding hydrogens is 294 g/mol. The van der Waals surface area contributed by atoms with Crippen LogP contribution >= 0.6 is 11.3 Å². The molecule has 0 unspecified atom stereocenters. The van der Waals surface area contributed by atoms with Gasteiger partial charge in [-0.05, 0) is 30.5 Å². The fraction of sp³-hybridized carbons (Fsp3) is 0.143. The summed E-state index contributed by atoms with van der Waals surface area (Å²) in [4.78, 5) is 0. The van der Waals surface area contributed by atoms with Crippen molar-refractivity contribution < 1.29 is 12.8 Å². The highest BCUT2D eigenvalue weighted by atomic mass is 32.2. The van der Waals surface area contributed by atoms with Crippen LogP contribution in [0.3, 0.4) is 0 Å². The van der Waals surface area contributed by atoms with Crippen LogP contribution in [0.5, 0.6) is 0 Å². The molecule has 0 amide bonds. The highest BCUT2D eigenvalue weighted by Gasteiger charge is 2.21. The Bertz CT molecular complexity index is 786. The van der Waals surface area contributed by atoms with Crippen LogP contribution in [-0.4, -0.2) is 8.42 Å². The van der Waals surface area contributed by atoms with Gasteiger partial charge in [0.2, 0.25) is 0 Å². The van der Waals surface area contributed by atoms with E-state index in [1.807, 2.05) is 30.3 Å². The van der Waals surface area contributed by atoms with Crippen LogP contribution in [0.15, 0.2) is 56.5 Å². The zero-order chi connectivity index (χ0) is 14.2. The molecule has 3 rings (SSSR count). The number of benzene rings is 1. The number of fused-ring (bicyclic) bond motifs is 1. The Morgan fingerprint density at radius 1 is 1.20 bits per heavy atom. The zero-order valence-electron chi connectivity index (χ0n) is 10.7. The highest BCUT2D eigenvalue weighted by molar-refractivity contribution is 7.91. The lowest BCUT2D eigenvalue weighted by atomic mass is 10.2. The number of para-hydroxylation sites is 1. The molecule has 4 nitrogen and oxygen atoms in total. The molecule has 0 radical (unpaired) electrons. The molecule has 2 heterocycles. The van der Waals surface area contributed by atoms with Crippen molar-refractivity contribution in [3.63, 3.8) is 0 Å². The maximum Gasteiger partial charge on any atom is 0.250 e. The Hall–Kier alpha value is -1.63. The number of hydrogen-bond donors (Lipinski definition) is 1. The van der Waals surface area contributed by atoms with Crippen LogP contribution in [0, 0.1) is 0 Å². The minimum Gasteiger partial charge on any atom is -0.459 e. The lowest BCUT2D eigenvalue weighted by Gasteiger charge is -2.10. The van der Waals surface area contributed by atoms with Crippen LogP contribution < -0.4 is 4.72 Å². The molecule has 20 heavy (non-hydrogen) atoms. The fourth-order valence-corrected chi connectivity index (χ4v) is 4.20. The summed E-state index contributed by atoms with van der Waals surface area (Å²) in [5, 5.41) is 2.70. The van der Waals surface area contributed by atoms with Crippen molar-refractivity contribution in [1.29, 1.82) is 0 Å². The van der Waals surface area contributed by atoms with Crippen molar-refractivity contribution in [2.45, 2.75) is 17.2 Å².